The van der Waals surface area contributed by atoms with Crippen molar-refractivity contribution in [1.29, 1.82) is 0 Å². The van der Waals surface area contributed by atoms with Crippen LogP contribution in [0.25, 0.3) is 6.08 Å². The molecular formula is C22H19BrN5O3S+. The van der Waals surface area contributed by atoms with Crippen LogP contribution in [-0.4, -0.2) is 28.0 Å². The van der Waals surface area contributed by atoms with Crippen molar-refractivity contribution >= 4 is 62.3 Å². The van der Waals surface area contributed by atoms with E-state index in [1.54, 1.807) is 17.0 Å². The van der Waals surface area contributed by atoms with Crippen molar-refractivity contribution in [3.05, 3.63) is 76.5 Å². The zero-order chi connectivity index (χ0) is 22.5. The van der Waals surface area contributed by atoms with Crippen LogP contribution in [-0.2, 0) is 16.1 Å². The fourth-order valence-electron chi connectivity index (χ4n) is 2.94. The van der Waals surface area contributed by atoms with Gasteiger partial charge >= 0.3 is 5.88 Å². The maximum absolute atomic E-state index is 13.2. The quantitative estimate of drug-likeness (QED) is 0.399. The first-order chi connectivity index (χ1) is 15.5. The third kappa shape index (κ3) is 5.14. The average Bonchev–Trinajstić information content (AvgIpc) is 3.37. The highest BCUT2D eigenvalue weighted by atomic mass is 79.9. The Morgan fingerprint density at radius 3 is 2.78 bits per heavy atom. The molecule has 8 nitrogen and oxygen atoms in total. The summed E-state index contributed by atoms with van der Waals surface area (Å²) in [6, 6.07) is 16.8. The van der Waals surface area contributed by atoms with Crippen molar-refractivity contribution in [2.45, 2.75) is 13.5 Å². The van der Waals surface area contributed by atoms with Gasteiger partial charge in [0, 0.05) is 4.47 Å². The van der Waals surface area contributed by atoms with Gasteiger partial charge in [-0.05, 0) is 42.8 Å². The molecule has 2 aromatic carbocycles. The van der Waals surface area contributed by atoms with Crippen molar-refractivity contribution < 1.29 is 18.8 Å². The van der Waals surface area contributed by atoms with Crippen molar-refractivity contribution in [2.24, 2.45) is 4.99 Å². The second-order valence-electron chi connectivity index (χ2n) is 6.71. The van der Waals surface area contributed by atoms with E-state index in [4.69, 9.17) is 4.52 Å². The molecule has 2 heterocycles. The highest BCUT2D eigenvalue weighted by molar-refractivity contribution is 9.10. The van der Waals surface area contributed by atoms with Crippen LogP contribution in [0.3, 0.4) is 0 Å². The number of amidine groups is 1. The van der Waals surface area contributed by atoms with E-state index in [1.807, 2.05) is 61.5 Å². The zero-order valence-electron chi connectivity index (χ0n) is 17.1. The highest BCUT2D eigenvalue weighted by Gasteiger charge is 2.32. The first kappa shape index (κ1) is 22.0. The maximum atomic E-state index is 13.2. The van der Waals surface area contributed by atoms with E-state index in [-0.39, 0.29) is 23.5 Å². The number of carbonyl (C=O) groups excluding carboxylic acids is 2. The van der Waals surface area contributed by atoms with Crippen LogP contribution < -0.4 is 14.9 Å². The second-order valence-corrected chi connectivity index (χ2v) is 8.57. The van der Waals surface area contributed by atoms with Gasteiger partial charge in [0.05, 0.1) is 11.4 Å². The number of aliphatic imine (C=N–C) groups is 1. The van der Waals surface area contributed by atoms with Crippen molar-refractivity contribution in [2.75, 3.05) is 16.0 Å². The summed E-state index contributed by atoms with van der Waals surface area (Å²) in [5.74, 6) is -0.232. The molecule has 0 bridgehead atoms. The molecule has 3 aromatic rings. The predicted molar refractivity (Wildman–Crippen MR) is 127 cm³/mol. The Balaban J connectivity index is 1.54. The molecule has 1 aliphatic heterocycles. The Bertz CT molecular complexity index is 1210. The van der Waals surface area contributed by atoms with Crippen LogP contribution >= 0.6 is 27.7 Å². The number of thioether (sulfide) groups is 1. The number of para-hydroxylation sites is 1. The number of halogens is 1. The number of rotatable bonds is 6. The van der Waals surface area contributed by atoms with E-state index < -0.39 is 0 Å². The molecule has 0 spiro atoms. The first-order valence-electron chi connectivity index (χ1n) is 9.78. The molecule has 10 heteroatoms. The Morgan fingerprint density at radius 2 is 2.06 bits per heavy atom. The Labute approximate surface area is 197 Å². The minimum atomic E-state index is -0.290. The molecule has 162 valence electrons. The summed E-state index contributed by atoms with van der Waals surface area (Å²) in [7, 11) is 0. The van der Waals surface area contributed by atoms with Gasteiger partial charge in [0.1, 0.15) is 5.70 Å². The van der Waals surface area contributed by atoms with E-state index in [0.29, 0.717) is 23.1 Å². The minimum absolute atomic E-state index is 0.0481. The smallest absolute Gasteiger partial charge is 0.288 e. The van der Waals surface area contributed by atoms with Crippen LogP contribution in [0.5, 0.6) is 0 Å². The summed E-state index contributed by atoms with van der Waals surface area (Å²) in [5, 5.41) is 6.86. The Kier molecular flexibility index (Phi) is 6.81. The predicted octanol–water partition coefficient (Wildman–Crippen LogP) is 3.86. The number of aryl methyl sites for hydroxylation is 1. The third-order valence-electron chi connectivity index (χ3n) is 4.43. The highest BCUT2D eigenvalue weighted by Crippen LogP contribution is 2.29. The normalized spacial score (nSPS) is 14.7. The first-order valence-corrected chi connectivity index (χ1v) is 11.6. The fourth-order valence-corrected chi connectivity index (χ4v) is 4.17. The Morgan fingerprint density at radius 1 is 1.25 bits per heavy atom. The van der Waals surface area contributed by atoms with E-state index in [2.05, 4.69) is 31.5 Å². The third-order valence-corrected chi connectivity index (χ3v) is 5.86. The molecule has 2 amide bonds. The van der Waals surface area contributed by atoms with Crippen molar-refractivity contribution in [3.63, 3.8) is 0 Å². The molecule has 4 rings (SSSR count). The lowest BCUT2D eigenvalue weighted by Crippen LogP contribution is -2.33. The number of hydrogen-bond acceptors (Lipinski definition) is 6. The van der Waals surface area contributed by atoms with Crippen LogP contribution in [0, 0.1) is 0 Å². The van der Waals surface area contributed by atoms with E-state index >= 15 is 0 Å². The van der Waals surface area contributed by atoms with E-state index in [0.717, 1.165) is 10.0 Å². The van der Waals surface area contributed by atoms with Gasteiger partial charge in [0.15, 0.2) is 11.7 Å². The number of nitrogens with zero attached hydrogens (tertiary/aromatic N) is 4. The van der Waals surface area contributed by atoms with Gasteiger partial charge in [-0.15, -0.1) is 0 Å². The molecule has 0 saturated carbocycles. The number of amides is 2. The number of aromatic nitrogens is 2. The molecular weight excluding hydrogens is 494 g/mol. The molecule has 1 aliphatic rings. The molecule has 0 saturated heterocycles. The van der Waals surface area contributed by atoms with Crippen LogP contribution in [0.1, 0.15) is 12.5 Å². The number of carbonyl (C=O) groups is 2. The molecule has 0 atom stereocenters. The van der Waals surface area contributed by atoms with Crippen molar-refractivity contribution in [1.82, 2.24) is 5.27 Å². The molecule has 32 heavy (non-hydrogen) atoms. The average molecular weight is 513 g/mol. The summed E-state index contributed by atoms with van der Waals surface area (Å²) in [4.78, 5) is 31.6. The van der Waals surface area contributed by atoms with Gasteiger partial charge in [0.25, 0.3) is 12.1 Å². The van der Waals surface area contributed by atoms with Crippen molar-refractivity contribution in [3.8, 4) is 0 Å². The van der Waals surface area contributed by atoms with Gasteiger partial charge in [-0.3, -0.25) is 24.3 Å². The summed E-state index contributed by atoms with van der Waals surface area (Å²) in [6.45, 7) is 2.54. The van der Waals surface area contributed by atoms with E-state index in [9.17, 15) is 9.59 Å². The summed E-state index contributed by atoms with van der Waals surface area (Å²) in [6.07, 6.45) is 3.34. The van der Waals surface area contributed by atoms with Gasteiger partial charge in [0.2, 0.25) is 11.2 Å². The standard InChI is InChI=1S/C22H18BrN5O3S/c1-2-27-13-20(31-26-27)25-19(29)14-32-22-24-18(12-15-7-6-8-16(23)11-15)21(30)28(22)17-9-4-3-5-10-17/h3-13H,2,14H2,1H3/p+1/b18-12+. The lowest BCUT2D eigenvalue weighted by atomic mass is 10.2. The number of hydrogen-bond donors (Lipinski definition) is 1. The number of nitrogens with one attached hydrogen (secondary N) is 1. The SMILES string of the molecule is CC[n+]1cc(NC(=O)CSC2=N/C(=C/c3cccc(Br)c3)C(=O)N2c2ccccc2)on1. The minimum Gasteiger partial charge on any atom is -0.288 e. The molecule has 0 fully saturated rings. The Hall–Kier alpha value is -3.24. The fraction of sp³-hybridized carbons (Fsp3) is 0.136. The lowest BCUT2D eigenvalue weighted by molar-refractivity contribution is -0.759. The van der Waals surface area contributed by atoms with Gasteiger partial charge in [-0.25, -0.2) is 4.99 Å². The summed E-state index contributed by atoms with van der Waals surface area (Å²) in [5.41, 5.74) is 1.83. The monoisotopic (exact) mass is 512 g/mol. The summed E-state index contributed by atoms with van der Waals surface area (Å²) >= 11 is 4.61. The lowest BCUT2D eigenvalue weighted by Gasteiger charge is -2.17. The van der Waals surface area contributed by atoms with Crippen LogP contribution in [0.2, 0.25) is 0 Å². The molecule has 0 aliphatic carbocycles. The largest absolute Gasteiger partial charge is 0.302 e. The van der Waals surface area contributed by atoms with Gasteiger partial charge in [-0.2, -0.15) is 0 Å². The maximum Gasteiger partial charge on any atom is 0.302 e. The zero-order valence-corrected chi connectivity index (χ0v) is 19.5. The van der Waals surface area contributed by atoms with Gasteiger partial charge in [-0.1, -0.05) is 62.7 Å². The van der Waals surface area contributed by atoms with E-state index in [1.165, 1.54) is 16.7 Å². The number of benzene rings is 2. The van der Waals surface area contributed by atoms with Crippen LogP contribution in [0.15, 0.2) is 80.5 Å². The summed E-state index contributed by atoms with van der Waals surface area (Å²) < 4.78 is 7.54. The molecule has 0 unspecified atom stereocenters. The molecule has 1 N–H and O–H groups in total. The molecule has 1 aromatic heterocycles. The molecule has 0 radical (unpaired) electrons. The van der Waals surface area contributed by atoms with Gasteiger partial charge < -0.3 is 0 Å². The number of anilines is 2. The second kappa shape index (κ2) is 9.92. The topological polar surface area (TPSA) is 91.7 Å². The van der Waals surface area contributed by atoms with Crippen LogP contribution in [0.4, 0.5) is 11.6 Å².